The molecule has 212 valence electrons. The molecule has 5 rings (SSSR count). The second kappa shape index (κ2) is 12.4. The normalized spacial score (nSPS) is 13.8. The molecule has 40 heavy (non-hydrogen) atoms. The van der Waals surface area contributed by atoms with Crippen LogP contribution in [0.5, 0.6) is 17.2 Å². The summed E-state index contributed by atoms with van der Waals surface area (Å²) >= 11 is 6.11. The maximum absolute atomic E-state index is 14.5. The first-order valence-electron chi connectivity index (χ1n) is 12.3. The van der Waals surface area contributed by atoms with Gasteiger partial charge in [-0.2, -0.15) is 13.2 Å². The predicted molar refractivity (Wildman–Crippen MR) is 145 cm³/mol. The van der Waals surface area contributed by atoms with Crippen molar-refractivity contribution in [3.05, 3.63) is 71.3 Å². The number of nitrogens with zero attached hydrogens (tertiary/aromatic N) is 2. The number of hydrogen-bond acceptors (Lipinski definition) is 5. The van der Waals surface area contributed by atoms with E-state index in [1.54, 1.807) is 6.07 Å². The van der Waals surface area contributed by atoms with Crippen molar-refractivity contribution in [3.63, 3.8) is 0 Å². The molecule has 13 heteroatoms. The first-order valence-corrected chi connectivity index (χ1v) is 12.6. The fourth-order valence-electron chi connectivity index (χ4n) is 4.04. The summed E-state index contributed by atoms with van der Waals surface area (Å²) in [6.45, 7) is 2.64. The van der Waals surface area contributed by atoms with E-state index in [9.17, 15) is 27.5 Å². The van der Waals surface area contributed by atoms with Gasteiger partial charge in [0.15, 0.2) is 0 Å². The van der Waals surface area contributed by atoms with Crippen molar-refractivity contribution in [2.24, 2.45) is 0 Å². The van der Waals surface area contributed by atoms with Crippen molar-refractivity contribution < 1.29 is 32.2 Å². The zero-order chi connectivity index (χ0) is 28.9. The molecule has 0 aliphatic carbocycles. The number of phenolic OH excluding ortho intramolecular Hbond substituents is 1. The third-order valence-electron chi connectivity index (χ3n) is 6.04. The number of urea groups is 1. The van der Waals surface area contributed by atoms with Crippen LogP contribution in [0.4, 0.5) is 33.7 Å². The summed E-state index contributed by atoms with van der Waals surface area (Å²) < 4.78 is 58.9. The highest BCUT2D eigenvalue weighted by Gasteiger charge is 2.34. The van der Waals surface area contributed by atoms with Crippen molar-refractivity contribution in [1.82, 2.24) is 14.9 Å². The Balaban J connectivity index is 0.000000461. The summed E-state index contributed by atoms with van der Waals surface area (Å²) in [5.41, 5.74) is -1.33. The van der Waals surface area contributed by atoms with Gasteiger partial charge in [-0.25, -0.2) is 14.2 Å². The number of likely N-dealkylation sites (tertiary alicyclic amines) is 1. The number of H-pyrrole nitrogens is 1. The lowest BCUT2D eigenvalue weighted by Gasteiger charge is -2.20. The highest BCUT2D eigenvalue weighted by molar-refractivity contribution is 6.36. The van der Waals surface area contributed by atoms with E-state index in [-0.39, 0.29) is 17.1 Å². The van der Waals surface area contributed by atoms with Gasteiger partial charge in [0, 0.05) is 24.1 Å². The molecule has 1 aliphatic heterocycles. The van der Waals surface area contributed by atoms with Crippen LogP contribution in [0.1, 0.15) is 24.8 Å². The minimum absolute atomic E-state index is 0.108. The molecule has 4 aromatic rings. The van der Waals surface area contributed by atoms with Crippen LogP contribution in [0.15, 0.2) is 54.9 Å². The average molecular weight is 580 g/mol. The number of carbonyl (C=O) groups is 1. The number of aromatic nitrogens is 2. The second-order valence-electron chi connectivity index (χ2n) is 9.09. The number of amides is 2. The fraction of sp³-hybridized carbons (Fsp3) is 0.259. The van der Waals surface area contributed by atoms with Gasteiger partial charge >= 0.3 is 12.2 Å². The third-order valence-corrected chi connectivity index (χ3v) is 6.34. The molecule has 0 unspecified atom stereocenters. The van der Waals surface area contributed by atoms with Gasteiger partial charge in [-0.05, 0) is 69.4 Å². The van der Waals surface area contributed by atoms with E-state index in [1.165, 1.54) is 56.9 Å². The molecule has 0 atom stereocenters. The van der Waals surface area contributed by atoms with E-state index in [0.29, 0.717) is 27.9 Å². The number of hydrogen-bond donors (Lipinski definition) is 4. The SMILES string of the molecule is CN1CCCCC1.O=C(Nc1ccc(O)c(C(F)(F)F)c1)Nc1ccc(Oc2ccnc3[nH]cc(Cl)c23)cc1F. The summed E-state index contributed by atoms with van der Waals surface area (Å²) in [7, 11) is 2.19. The summed E-state index contributed by atoms with van der Waals surface area (Å²) in [5, 5.41) is 14.6. The smallest absolute Gasteiger partial charge is 0.420 e. The molecule has 0 spiro atoms. The third kappa shape index (κ3) is 7.33. The van der Waals surface area contributed by atoms with Gasteiger partial charge in [-0.15, -0.1) is 0 Å². The van der Waals surface area contributed by atoms with Crippen molar-refractivity contribution in [3.8, 4) is 17.2 Å². The van der Waals surface area contributed by atoms with E-state index in [0.717, 1.165) is 18.2 Å². The molecule has 1 fully saturated rings. The number of phenols is 1. The molecule has 2 aromatic heterocycles. The number of halogens is 5. The molecular formula is C27H26ClF4N5O3. The molecule has 0 saturated carbocycles. The fourth-order valence-corrected chi connectivity index (χ4v) is 4.28. The summed E-state index contributed by atoms with van der Waals surface area (Å²) in [6, 6.07) is 6.60. The Kier molecular flexibility index (Phi) is 9.00. The zero-order valence-corrected chi connectivity index (χ0v) is 22.0. The lowest BCUT2D eigenvalue weighted by Crippen LogP contribution is -2.24. The molecular weight excluding hydrogens is 554 g/mol. The number of ether oxygens (including phenoxy) is 1. The minimum Gasteiger partial charge on any atom is -0.507 e. The van der Waals surface area contributed by atoms with Gasteiger partial charge in [0.2, 0.25) is 0 Å². The monoisotopic (exact) mass is 579 g/mol. The zero-order valence-electron chi connectivity index (χ0n) is 21.3. The lowest BCUT2D eigenvalue weighted by atomic mass is 10.1. The van der Waals surface area contributed by atoms with Gasteiger partial charge in [0.1, 0.15) is 28.7 Å². The van der Waals surface area contributed by atoms with E-state index >= 15 is 0 Å². The van der Waals surface area contributed by atoms with Crippen molar-refractivity contribution in [2.75, 3.05) is 30.8 Å². The number of aromatic amines is 1. The molecule has 8 nitrogen and oxygen atoms in total. The summed E-state index contributed by atoms with van der Waals surface area (Å²) in [4.78, 5) is 21.5. The second-order valence-corrected chi connectivity index (χ2v) is 9.49. The van der Waals surface area contributed by atoms with Gasteiger partial charge in [-0.1, -0.05) is 18.0 Å². The quantitative estimate of drug-likeness (QED) is 0.147. The molecule has 2 aromatic carbocycles. The first kappa shape index (κ1) is 29.0. The Morgan fingerprint density at radius 3 is 2.50 bits per heavy atom. The number of anilines is 2. The van der Waals surface area contributed by atoms with Crippen molar-refractivity contribution >= 4 is 40.0 Å². The Morgan fingerprint density at radius 2 is 1.85 bits per heavy atom. The molecule has 0 bridgehead atoms. The number of nitrogens with one attached hydrogen (secondary N) is 3. The molecule has 2 amide bonds. The predicted octanol–water partition coefficient (Wildman–Crippen LogP) is 7.62. The average Bonchev–Trinajstić information content (AvgIpc) is 3.29. The van der Waals surface area contributed by atoms with Gasteiger partial charge in [0.05, 0.1) is 21.7 Å². The van der Waals surface area contributed by atoms with Crippen molar-refractivity contribution in [1.29, 1.82) is 0 Å². The Hall–Kier alpha value is -4.03. The van der Waals surface area contributed by atoms with Gasteiger partial charge in [-0.3, -0.25) is 0 Å². The molecule has 1 aliphatic rings. The van der Waals surface area contributed by atoms with E-state index < -0.39 is 29.3 Å². The van der Waals surface area contributed by atoms with Gasteiger partial charge in [0.25, 0.3) is 0 Å². The van der Waals surface area contributed by atoms with Crippen LogP contribution >= 0.6 is 11.6 Å². The number of pyridine rings is 1. The maximum Gasteiger partial charge on any atom is 0.420 e. The Bertz CT molecular complexity index is 1490. The number of carbonyl (C=O) groups excluding carboxylic acids is 1. The van der Waals surface area contributed by atoms with Crippen molar-refractivity contribution in [2.45, 2.75) is 25.4 Å². The number of rotatable bonds is 4. The van der Waals surface area contributed by atoms with Crippen LogP contribution in [0.25, 0.3) is 11.0 Å². The van der Waals surface area contributed by atoms with Crippen LogP contribution in [0, 0.1) is 5.82 Å². The van der Waals surface area contributed by atoms with Crippen LogP contribution in [-0.2, 0) is 6.18 Å². The minimum atomic E-state index is -4.81. The number of alkyl halides is 3. The van der Waals surface area contributed by atoms with E-state index in [1.807, 2.05) is 0 Å². The highest BCUT2D eigenvalue weighted by Crippen LogP contribution is 2.37. The largest absolute Gasteiger partial charge is 0.507 e. The highest BCUT2D eigenvalue weighted by atomic mass is 35.5. The number of benzene rings is 2. The molecule has 1 saturated heterocycles. The van der Waals surface area contributed by atoms with Crippen LogP contribution < -0.4 is 15.4 Å². The summed E-state index contributed by atoms with van der Waals surface area (Å²) in [6.07, 6.45) is 2.47. The van der Waals surface area contributed by atoms with Gasteiger partial charge < -0.3 is 30.4 Å². The van der Waals surface area contributed by atoms with Crippen LogP contribution in [-0.4, -0.2) is 46.1 Å². The Morgan fingerprint density at radius 1 is 1.10 bits per heavy atom. The number of aromatic hydroxyl groups is 1. The topological polar surface area (TPSA) is 103 Å². The first-order chi connectivity index (χ1) is 19.0. The lowest BCUT2D eigenvalue weighted by molar-refractivity contribution is -0.138. The maximum atomic E-state index is 14.5. The van der Waals surface area contributed by atoms with Crippen LogP contribution in [0.3, 0.4) is 0 Å². The summed E-state index contributed by atoms with van der Waals surface area (Å²) in [5.74, 6) is -1.40. The number of fused-ring (bicyclic) bond motifs is 1. The molecule has 4 N–H and O–H groups in total. The standard InChI is InChI=1S/C21H13ClF4N4O3.C6H13N/c22-13-9-28-19-18(13)17(5-6-27-19)33-11-2-3-15(14(23)8-11)30-20(32)29-10-1-4-16(31)12(7-10)21(24,25)26;1-7-5-3-2-4-6-7/h1-9,31H,(H,27,28)(H2,29,30,32);2-6H2,1H3. The molecule has 3 heterocycles. The Labute approximate surface area is 231 Å². The van der Waals surface area contributed by atoms with Crippen LogP contribution in [0.2, 0.25) is 5.02 Å². The van der Waals surface area contributed by atoms with E-state index in [4.69, 9.17) is 16.3 Å². The number of piperidine rings is 1. The molecule has 0 radical (unpaired) electrons. The van der Waals surface area contributed by atoms with E-state index in [2.05, 4.69) is 32.5 Å².